The van der Waals surface area contributed by atoms with Crippen molar-refractivity contribution in [1.29, 1.82) is 0 Å². The van der Waals surface area contributed by atoms with E-state index < -0.39 is 45.2 Å². The highest BCUT2D eigenvalue weighted by atomic mass is 32.2. The number of sulfonamides is 1. The van der Waals surface area contributed by atoms with Crippen LogP contribution in [0.2, 0.25) is 0 Å². The van der Waals surface area contributed by atoms with Gasteiger partial charge in [-0.1, -0.05) is 71.3 Å². The molecule has 5 aromatic rings. The maximum atomic E-state index is 14.2. The number of rotatable bonds is 8. The Kier molecular flexibility index (Phi) is 8.15. The molecule has 0 saturated heterocycles. The van der Waals surface area contributed by atoms with Crippen LogP contribution < -0.4 is 4.31 Å². The van der Waals surface area contributed by atoms with Crippen LogP contribution in [0.15, 0.2) is 140 Å². The molecule has 1 N–H and O–H groups in total. The maximum Gasteiger partial charge on any atom is 0.268 e. The SMILES string of the molecule is Cc1ccc(S(=O)(=O)c2cc(N(c3ccccc3)S(=O)(=O)c3ccc(C)cc3)cc(S(=O)(=O)c3ccc(C)cc3)c2O)cc1. The van der Waals surface area contributed by atoms with E-state index in [4.69, 9.17) is 0 Å². The lowest BCUT2D eigenvalue weighted by Gasteiger charge is -2.26. The third kappa shape index (κ3) is 5.73. The number of phenolic OH excluding ortho intramolecular Hbond substituents is 1. The molecule has 0 heterocycles. The largest absolute Gasteiger partial charge is 0.505 e. The third-order valence-electron chi connectivity index (χ3n) is 7.05. The molecular formula is C33H29NO7S3. The van der Waals surface area contributed by atoms with Crippen molar-refractivity contribution >= 4 is 41.1 Å². The fourth-order valence-electron chi connectivity index (χ4n) is 4.59. The minimum atomic E-state index is -4.55. The molecule has 0 aliphatic rings. The molecule has 0 radical (unpaired) electrons. The first kappa shape index (κ1) is 31.0. The van der Waals surface area contributed by atoms with Crippen molar-refractivity contribution in [2.24, 2.45) is 0 Å². The lowest BCUT2D eigenvalue weighted by atomic mass is 10.2. The second kappa shape index (κ2) is 11.6. The van der Waals surface area contributed by atoms with Gasteiger partial charge in [0.2, 0.25) is 19.7 Å². The van der Waals surface area contributed by atoms with Crippen LogP contribution in [-0.2, 0) is 29.7 Å². The summed E-state index contributed by atoms with van der Waals surface area (Å²) in [4.78, 5) is -2.04. The van der Waals surface area contributed by atoms with E-state index in [9.17, 15) is 30.4 Å². The van der Waals surface area contributed by atoms with Crippen LogP contribution in [0.1, 0.15) is 16.7 Å². The minimum absolute atomic E-state index is 0.106. The smallest absolute Gasteiger partial charge is 0.268 e. The summed E-state index contributed by atoms with van der Waals surface area (Å²) in [6.45, 7) is 5.35. The first-order valence-electron chi connectivity index (χ1n) is 13.4. The molecule has 0 saturated carbocycles. The number of aryl methyl sites for hydroxylation is 3. The molecule has 11 heteroatoms. The average Bonchev–Trinajstić information content (AvgIpc) is 2.99. The normalized spacial score (nSPS) is 12.2. The summed E-state index contributed by atoms with van der Waals surface area (Å²) in [5, 5.41) is 11.4. The number of sulfone groups is 2. The van der Waals surface area contributed by atoms with Gasteiger partial charge in [0.25, 0.3) is 10.0 Å². The molecule has 0 atom stereocenters. The highest BCUT2D eigenvalue weighted by Gasteiger charge is 2.34. The Bertz CT molecular complexity index is 2060. The fourth-order valence-corrected chi connectivity index (χ4v) is 8.90. The maximum absolute atomic E-state index is 14.2. The van der Waals surface area contributed by atoms with Crippen LogP contribution in [0.25, 0.3) is 0 Å². The topological polar surface area (TPSA) is 126 Å². The van der Waals surface area contributed by atoms with Crippen LogP contribution in [0, 0.1) is 20.8 Å². The zero-order chi connectivity index (χ0) is 31.9. The van der Waals surface area contributed by atoms with E-state index in [0.717, 1.165) is 33.1 Å². The van der Waals surface area contributed by atoms with Gasteiger partial charge >= 0.3 is 0 Å². The summed E-state index contributed by atoms with van der Waals surface area (Å²) >= 11 is 0. The predicted octanol–water partition coefficient (Wildman–Crippen LogP) is 6.51. The van der Waals surface area contributed by atoms with Crippen LogP contribution >= 0.6 is 0 Å². The highest BCUT2D eigenvalue weighted by Crippen LogP contribution is 2.43. The van der Waals surface area contributed by atoms with E-state index in [-0.39, 0.29) is 26.1 Å². The standard InChI is InChI=1S/C33H29NO7S3/c1-23-9-15-28(16-10-23)42(36,37)31-21-27(22-32(33(31)35)43(38,39)29-17-11-24(2)12-18-29)34(26-7-5-4-6-8-26)44(40,41)30-19-13-25(3)14-20-30/h4-22,35H,1-3H3. The first-order chi connectivity index (χ1) is 20.7. The molecule has 0 bridgehead atoms. The monoisotopic (exact) mass is 647 g/mol. The molecule has 0 aliphatic carbocycles. The van der Waals surface area contributed by atoms with Gasteiger partial charge in [-0.05, 0) is 81.4 Å². The first-order valence-corrected chi connectivity index (χ1v) is 17.8. The molecule has 0 unspecified atom stereocenters. The number of phenols is 1. The number of nitrogens with zero attached hydrogens (tertiary/aromatic N) is 1. The Balaban J connectivity index is 1.87. The van der Waals surface area contributed by atoms with Gasteiger partial charge in [-0.25, -0.2) is 29.6 Å². The summed E-state index contributed by atoms with van der Waals surface area (Å²) in [5.74, 6) is -1.02. The van der Waals surface area contributed by atoms with Crippen molar-refractivity contribution in [1.82, 2.24) is 0 Å². The lowest BCUT2D eigenvalue weighted by Crippen LogP contribution is -2.27. The van der Waals surface area contributed by atoms with E-state index in [0.29, 0.717) is 0 Å². The Morgan fingerprint density at radius 3 is 1.23 bits per heavy atom. The molecule has 0 fully saturated rings. The summed E-state index contributed by atoms with van der Waals surface area (Å²) in [7, 11) is -13.5. The van der Waals surface area contributed by atoms with Crippen molar-refractivity contribution in [3.63, 3.8) is 0 Å². The number of benzene rings is 5. The number of aromatic hydroxyl groups is 1. The molecule has 0 aliphatic heterocycles. The Labute approximate surface area is 257 Å². The molecule has 5 aromatic carbocycles. The van der Waals surface area contributed by atoms with Crippen LogP contribution in [0.3, 0.4) is 0 Å². The van der Waals surface area contributed by atoms with E-state index >= 15 is 0 Å². The Morgan fingerprint density at radius 2 is 0.841 bits per heavy atom. The van der Waals surface area contributed by atoms with Gasteiger partial charge in [-0.3, -0.25) is 0 Å². The van der Waals surface area contributed by atoms with E-state index in [2.05, 4.69) is 0 Å². The second-order valence-corrected chi connectivity index (χ2v) is 16.0. The summed E-state index contributed by atoms with van der Waals surface area (Å²) < 4.78 is 85.2. The van der Waals surface area contributed by atoms with Gasteiger partial charge in [0.05, 0.1) is 26.1 Å². The number of hydrogen-bond acceptors (Lipinski definition) is 7. The molecule has 0 spiro atoms. The van der Waals surface area contributed by atoms with Crippen molar-refractivity contribution in [3.05, 3.63) is 132 Å². The molecule has 226 valence electrons. The predicted molar refractivity (Wildman–Crippen MR) is 168 cm³/mol. The molecule has 0 amide bonds. The quantitative estimate of drug-likeness (QED) is 0.204. The van der Waals surface area contributed by atoms with E-state index in [1.54, 1.807) is 75.4 Å². The van der Waals surface area contributed by atoms with Gasteiger partial charge in [0, 0.05) is 0 Å². The number of hydrogen-bond donors (Lipinski definition) is 1. The molecule has 8 nitrogen and oxygen atoms in total. The summed E-state index contributed by atoms with van der Waals surface area (Å²) in [6.07, 6.45) is 0. The van der Waals surface area contributed by atoms with Crippen molar-refractivity contribution < 1.29 is 30.4 Å². The lowest BCUT2D eigenvalue weighted by molar-refractivity contribution is 0.442. The van der Waals surface area contributed by atoms with Crippen molar-refractivity contribution in [2.45, 2.75) is 45.2 Å². The summed E-state index contributed by atoms with van der Waals surface area (Å²) in [5.41, 5.74) is 2.20. The average molecular weight is 648 g/mol. The number of anilines is 2. The van der Waals surface area contributed by atoms with Crippen molar-refractivity contribution in [2.75, 3.05) is 4.31 Å². The zero-order valence-electron chi connectivity index (χ0n) is 24.0. The van der Waals surface area contributed by atoms with Gasteiger partial charge in [0.1, 0.15) is 9.79 Å². The van der Waals surface area contributed by atoms with Crippen LogP contribution in [-0.4, -0.2) is 30.4 Å². The van der Waals surface area contributed by atoms with Crippen LogP contribution in [0.5, 0.6) is 5.75 Å². The van der Waals surface area contributed by atoms with Crippen molar-refractivity contribution in [3.8, 4) is 5.75 Å². The van der Waals surface area contributed by atoms with Gasteiger partial charge in [0.15, 0.2) is 5.75 Å². The highest BCUT2D eigenvalue weighted by molar-refractivity contribution is 7.93. The summed E-state index contributed by atoms with van der Waals surface area (Å²) in [6, 6.07) is 27.5. The number of para-hydroxylation sites is 1. The second-order valence-electron chi connectivity index (χ2n) is 10.3. The molecule has 0 aromatic heterocycles. The Hall–Kier alpha value is -4.45. The molecule has 44 heavy (non-hydrogen) atoms. The molecule has 5 rings (SSSR count). The van der Waals surface area contributed by atoms with E-state index in [1.165, 1.54) is 48.5 Å². The van der Waals surface area contributed by atoms with E-state index in [1.807, 2.05) is 0 Å². The molecular weight excluding hydrogens is 619 g/mol. The van der Waals surface area contributed by atoms with Gasteiger partial charge < -0.3 is 5.11 Å². The van der Waals surface area contributed by atoms with Gasteiger partial charge in [-0.2, -0.15) is 0 Å². The van der Waals surface area contributed by atoms with Gasteiger partial charge in [-0.15, -0.1) is 0 Å². The third-order valence-corrected chi connectivity index (χ3v) is 12.4. The fraction of sp³-hybridized carbons (Fsp3) is 0.0909. The Morgan fingerprint density at radius 1 is 0.477 bits per heavy atom. The van der Waals surface area contributed by atoms with Crippen LogP contribution in [0.4, 0.5) is 11.4 Å². The zero-order valence-corrected chi connectivity index (χ0v) is 26.5. The minimum Gasteiger partial charge on any atom is -0.505 e.